The van der Waals surface area contributed by atoms with Crippen LogP contribution in [0.15, 0.2) is 68.9 Å². The topological polar surface area (TPSA) is 93.9 Å². The fourth-order valence-corrected chi connectivity index (χ4v) is 3.64. The highest BCUT2D eigenvalue weighted by Gasteiger charge is 2.15. The third kappa shape index (κ3) is 3.87. The Morgan fingerprint density at radius 1 is 1.03 bits per heavy atom. The molecule has 0 spiro atoms. The van der Waals surface area contributed by atoms with E-state index in [0.717, 1.165) is 17.0 Å². The van der Waals surface area contributed by atoms with Gasteiger partial charge in [-0.1, -0.05) is 18.2 Å². The minimum Gasteiger partial charge on any atom is -0.497 e. The summed E-state index contributed by atoms with van der Waals surface area (Å²) in [7, 11) is 3.20. The van der Waals surface area contributed by atoms with Gasteiger partial charge in [0.05, 0.1) is 31.3 Å². The summed E-state index contributed by atoms with van der Waals surface area (Å²) in [6.07, 6.45) is 0. The van der Waals surface area contributed by atoms with Crippen LogP contribution in [0.3, 0.4) is 0 Å². The lowest BCUT2D eigenvalue weighted by atomic mass is 10.2. The van der Waals surface area contributed by atoms with E-state index in [1.807, 2.05) is 41.8 Å². The van der Waals surface area contributed by atoms with E-state index in [1.54, 1.807) is 33.3 Å². The van der Waals surface area contributed by atoms with Crippen LogP contribution in [-0.4, -0.2) is 29.0 Å². The number of rotatable bonds is 6. The number of methoxy groups -OCH3 is 2. The molecule has 0 saturated heterocycles. The Kier molecular flexibility index (Phi) is 5.44. The molecule has 0 aliphatic carbocycles. The number of hydrogen-bond donors (Lipinski definition) is 1. The summed E-state index contributed by atoms with van der Waals surface area (Å²) in [6, 6.07) is 14.8. The number of nitrogens with one attached hydrogen (secondary N) is 1. The number of benzene rings is 2. The Morgan fingerprint density at radius 2 is 1.77 bits per heavy atom. The van der Waals surface area contributed by atoms with Crippen molar-refractivity contribution in [2.24, 2.45) is 10.2 Å². The molecule has 0 saturated carbocycles. The molecule has 0 aliphatic heterocycles. The molecule has 0 atom stereocenters. The molecule has 8 nitrogen and oxygen atoms in total. The van der Waals surface area contributed by atoms with Gasteiger partial charge in [0.2, 0.25) is 5.13 Å². The molecule has 0 radical (unpaired) electrons. The SMILES string of the molecule is COc1cccc(N=Nc2c(C)[nH]n(-c3nc(-c4cccc(OC)c4)cs3)c2=O)c1. The van der Waals surface area contributed by atoms with Gasteiger partial charge >= 0.3 is 5.56 Å². The zero-order chi connectivity index (χ0) is 21.1. The number of H-pyrrole nitrogens is 1. The largest absolute Gasteiger partial charge is 0.497 e. The van der Waals surface area contributed by atoms with E-state index in [1.165, 1.54) is 16.0 Å². The molecule has 4 rings (SSSR count). The van der Waals surface area contributed by atoms with Crippen molar-refractivity contribution in [3.63, 3.8) is 0 Å². The quantitative estimate of drug-likeness (QED) is 0.442. The van der Waals surface area contributed by atoms with E-state index in [-0.39, 0.29) is 11.2 Å². The van der Waals surface area contributed by atoms with E-state index < -0.39 is 0 Å². The van der Waals surface area contributed by atoms with Gasteiger partial charge in [-0.3, -0.25) is 9.89 Å². The lowest BCUT2D eigenvalue weighted by Crippen LogP contribution is -2.13. The van der Waals surface area contributed by atoms with E-state index in [2.05, 4.69) is 20.3 Å². The Balaban J connectivity index is 1.65. The highest BCUT2D eigenvalue weighted by Crippen LogP contribution is 2.27. The van der Waals surface area contributed by atoms with Crippen molar-refractivity contribution in [1.82, 2.24) is 14.8 Å². The summed E-state index contributed by atoms with van der Waals surface area (Å²) in [4.78, 5) is 17.5. The molecule has 0 unspecified atom stereocenters. The molecule has 2 aromatic heterocycles. The van der Waals surface area contributed by atoms with Gasteiger partial charge in [0.25, 0.3) is 0 Å². The third-order valence-electron chi connectivity index (χ3n) is 4.41. The second-order valence-electron chi connectivity index (χ2n) is 6.37. The Morgan fingerprint density at radius 3 is 2.53 bits per heavy atom. The Labute approximate surface area is 176 Å². The Hall–Kier alpha value is -3.72. The van der Waals surface area contributed by atoms with Crippen molar-refractivity contribution in [2.75, 3.05) is 14.2 Å². The third-order valence-corrected chi connectivity index (χ3v) is 5.23. The number of ether oxygens (including phenoxy) is 2. The standard InChI is InChI=1S/C21H19N5O3S/c1-13-19(24-23-15-7-5-9-17(11-15)29-3)20(27)26(25-13)21-22-18(12-30-21)14-6-4-8-16(10-14)28-2/h4-12,25H,1-3H3. The van der Waals surface area contributed by atoms with Crippen molar-refractivity contribution in [3.05, 3.63) is 70.0 Å². The van der Waals surface area contributed by atoms with Gasteiger partial charge in [-0.25, -0.2) is 4.98 Å². The minimum atomic E-state index is -0.314. The molecule has 30 heavy (non-hydrogen) atoms. The van der Waals surface area contributed by atoms with Gasteiger partial charge in [0.15, 0.2) is 5.69 Å². The van der Waals surface area contributed by atoms with Crippen LogP contribution in [0.2, 0.25) is 0 Å². The molecule has 0 aliphatic rings. The highest BCUT2D eigenvalue weighted by atomic mass is 32.1. The van der Waals surface area contributed by atoms with E-state index in [4.69, 9.17) is 9.47 Å². The van der Waals surface area contributed by atoms with Gasteiger partial charge in [-0.05, 0) is 31.2 Å². The molecular formula is C21H19N5O3S. The predicted molar refractivity (Wildman–Crippen MR) is 116 cm³/mol. The van der Waals surface area contributed by atoms with Crippen molar-refractivity contribution < 1.29 is 9.47 Å². The molecule has 0 fully saturated rings. The summed E-state index contributed by atoms with van der Waals surface area (Å²) < 4.78 is 11.8. The molecule has 1 N–H and O–H groups in total. The smallest absolute Gasteiger partial charge is 0.301 e. The number of nitrogens with zero attached hydrogens (tertiary/aromatic N) is 4. The maximum absolute atomic E-state index is 12.9. The van der Waals surface area contributed by atoms with Crippen LogP contribution in [0, 0.1) is 6.92 Å². The zero-order valence-electron chi connectivity index (χ0n) is 16.6. The highest BCUT2D eigenvalue weighted by molar-refractivity contribution is 7.12. The van der Waals surface area contributed by atoms with Gasteiger partial charge in [0.1, 0.15) is 11.5 Å². The predicted octanol–water partition coefficient (Wildman–Crippen LogP) is 5.03. The van der Waals surface area contributed by atoms with Crippen LogP contribution in [0.5, 0.6) is 11.5 Å². The van der Waals surface area contributed by atoms with E-state index in [9.17, 15) is 4.79 Å². The summed E-state index contributed by atoms with van der Waals surface area (Å²) in [5, 5.41) is 13.8. The fourth-order valence-electron chi connectivity index (χ4n) is 2.85. The van der Waals surface area contributed by atoms with Crippen molar-refractivity contribution in [2.45, 2.75) is 6.92 Å². The second-order valence-corrected chi connectivity index (χ2v) is 7.21. The maximum Gasteiger partial charge on any atom is 0.301 e. The first-order valence-electron chi connectivity index (χ1n) is 9.07. The first kappa shape index (κ1) is 19.6. The number of aryl methyl sites for hydroxylation is 1. The van der Waals surface area contributed by atoms with Crippen LogP contribution in [0.1, 0.15) is 5.69 Å². The zero-order valence-corrected chi connectivity index (χ0v) is 17.4. The number of thiazole rings is 1. The van der Waals surface area contributed by atoms with Gasteiger partial charge in [0, 0.05) is 17.0 Å². The average Bonchev–Trinajstić information content (AvgIpc) is 3.37. The summed E-state index contributed by atoms with van der Waals surface area (Å²) >= 11 is 1.36. The van der Waals surface area contributed by atoms with Crippen LogP contribution < -0.4 is 15.0 Å². The number of aromatic amines is 1. The molecule has 4 aromatic rings. The van der Waals surface area contributed by atoms with Crippen LogP contribution in [0.4, 0.5) is 11.4 Å². The number of hydrogen-bond acceptors (Lipinski definition) is 7. The normalized spacial score (nSPS) is 11.2. The molecule has 152 valence electrons. The molecule has 0 amide bonds. The van der Waals surface area contributed by atoms with Gasteiger partial charge < -0.3 is 9.47 Å². The van der Waals surface area contributed by atoms with E-state index in [0.29, 0.717) is 22.3 Å². The molecule has 9 heteroatoms. The first-order chi connectivity index (χ1) is 14.6. The number of azo groups is 1. The average molecular weight is 421 g/mol. The van der Waals surface area contributed by atoms with Crippen molar-refractivity contribution in [1.29, 1.82) is 0 Å². The summed E-state index contributed by atoms with van der Waals surface area (Å²) in [5.74, 6) is 1.41. The first-order valence-corrected chi connectivity index (χ1v) is 9.95. The lowest BCUT2D eigenvalue weighted by Gasteiger charge is -2.01. The molecule has 2 aromatic carbocycles. The monoisotopic (exact) mass is 421 g/mol. The summed E-state index contributed by atoms with van der Waals surface area (Å²) in [6.45, 7) is 1.77. The van der Waals surface area contributed by atoms with E-state index >= 15 is 0 Å². The fraction of sp³-hybridized carbons (Fsp3) is 0.143. The van der Waals surface area contributed by atoms with Crippen molar-refractivity contribution in [3.8, 4) is 27.9 Å². The molecule has 0 bridgehead atoms. The lowest BCUT2D eigenvalue weighted by molar-refractivity contribution is 0.415. The maximum atomic E-state index is 12.9. The summed E-state index contributed by atoms with van der Waals surface area (Å²) in [5.41, 5.74) is 2.78. The minimum absolute atomic E-state index is 0.232. The van der Waals surface area contributed by atoms with Crippen LogP contribution in [-0.2, 0) is 0 Å². The second kappa shape index (κ2) is 8.34. The van der Waals surface area contributed by atoms with Crippen LogP contribution >= 0.6 is 11.3 Å². The van der Waals surface area contributed by atoms with Crippen LogP contribution in [0.25, 0.3) is 16.4 Å². The van der Waals surface area contributed by atoms with Gasteiger partial charge in [-0.2, -0.15) is 9.80 Å². The molecule has 2 heterocycles. The molecular weight excluding hydrogens is 402 g/mol. The number of aromatic nitrogens is 3. The van der Waals surface area contributed by atoms with Gasteiger partial charge in [-0.15, -0.1) is 16.5 Å². The van der Waals surface area contributed by atoms with Crippen molar-refractivity contribution >= 4 is 22.7 Å². The Bertz CT molecular complexity index is 1270.